The van der Waals surface area contributed by atoms with E-state index < -0.39 is 0 Å². The lowest BCUT2D eigenvalue weighted by Crippen LogP contribution is -2.33. The first kappa shape index (κ1) is 16.5. The lowest BCUT2D eigenvalue weighted by atomic mass is 9.97. The first-order valence-corrected chi connectivity index (χ1v) is 8.08. The quantitative estimate of drug-likeness (QED) is 0.574. The average Bonchev–Trinajstić information content (AvgIpc) is 2.74. The Labute approximate surface area is 131 Å². The molecule has 1 heterocycles. The molecule has 6 nitrogen and oxygen atoms in total. The van der Waals surface area contributed by atoms with Gasteiger partial charge in [0.15, 0.2) is 0 Å². The second kappa shape index (κ2) is 7.96. The zero-order valence-electron chi connectivity index (χ0n) is 13.3. The number of nitrogens with one attached hydrogen (secondary N) is 1. The van der Waals surface area contributed by atoms with Crippen molar-refractivity contribution in [1.82, 2.24) is 15.1 Å². The minimum absolute atomic E-state index is 0.0103. The van der Waals surface area contributed by atoms with Crippen LogP contribution in [-0.2, 0) is 9.59 Å². The molecule has 0 aromatic carbocycles. The fourth-order valence-corrected chi connectivity index (χ4v) is 2.87. The number of imide groups is 1. The molecule has 1 aliphatic carbocycles. The maximum absolute atomic E-state index is 11.8. The van der Waals surface area contributed by atoms with E-state index in [9.17, 15) is 14.4 Å². The number of amides is 4. The van der Waals surface area contributed by atoms with Crippen molar-refractivity contribution in [2.45, 2.75) is 44.9 Å². The monoisotopic (exact) mass is 307 g/mol. The number of carbonyl (C=O) groups is 3. The summed E-state index contributed by atoms with van der Waals surface area (Å²) in [6.45, 7) is 1.13. The van der Waals surface area contributed by atoms with E-state index in [0.717, 1.165) is 19.3 Å². The summed E-state index contributed by atoms with van der Waals surface area (Å²) in [7, 11) is 1.60. The van der Waals surface area contributed by atoms with Crippen molar-refractivity contribution in [2.75, 3.05) is 26.7 Å². The van der Waals surface area contributed by atoms with Crippen molar-refractivity contribution in [3.8, 4) is 0 Å². The molecule has 0 radical (unpaired) electrons. The van der Waals surface area contributed by atoms with E-state index in [1.165, 1.54) is 28.2 Å². The first-order valence-electron chi connectivity index (χ1n) is 8.08. The zero-order chi connectivity index (χ0) is 15.9. The molecule has 2 aliphatic rings. The Morgan fingerprint density at radius 1 is 1.32 bits per heavy atom. The van der Waals surface area contributed by atoms with Gasteiger partial charge in [0.05, 0.1) is 0 Å². The van der Waals surface area contributed by atoms with Gasteiger partial charge in [-0.15, -0.1) is 0 Å². The molecule has 1 fully saturated rings. The highest BCUT2D eigenvalue weighted by molar-refractivity contribution is 6.01. The molecule has 0 unspecified atom stereocenters. The van der Waals surface area contributed by atoms with Crippen molar-refractivity contribution in [3.63, 3.8) is 0 Å². The van der Waals surface area contributed by atoms with Crippen LogP contribution in [-0.4, -0.2) is 54.3 Å². The number of allylic oxidation sites excluding steroid dienone is 1. The van der Waals surface area contributed by atoms with Crippen LogP contribution in [0, 0.1) is 0 Å². The van der Waals surface area contributed by atoms with Crippen molar-refractivity contribution < 1.29 is 14.4 Å². The number of likely N-dealkylation sites (N-methyl/N-ethyl adjacent to an activating group) is 1. The molecule has 0 bridgehead atoms. The van der Waals surface area contributed by atoms with Crippen molar-refractivity contribution in [2.24, 2.45) is 0 Å². The van der Waals surface area contributed by atoms with Gasteiger partial charge >= 0.3 is 6.03 Å². The largest absolute Gasteiger partial charge is 0.356 e. The Hall–Kier alpha value is -1.85. The molecule has 22 heavy (non-hydrogen) atoms. The van der Waals surface area contributed by atoms with Crippen LogP contribution in [0.3, 0.4) is 0 Å². The molecule has 2 rings (SSSR count). The van der Waals surface area contributed by atoms with Gasteiger partial charge in [-0.2, -0.15) is 0 Å². The Morgan fingerprint density at radius 2 is 2.14 bits per heavy atom. The normalized spacial score (nSPS) is 18.7. The van der Waals surface area contributed by atoms with Gasteiger partial charge in [0.25, 0.3) is 0 Å². The van der Waals surface area contributed by atoms with Crippen LogP contribution in [0.4, 0.5) is 4.79 Å². The molecule has 0 aromatic heterocycles. The van der Waals surface area contributed by atoms with E-state index in [2.05, 4.69) is 11.4 Å². The minimum Gasteiger partial charge on any atom is -0.356 e. The Bertz CT molecular complexity index is 473. The Morgan fingerprint density at radius 3 is 2.77 bits per heavy atom. The van der Waals surface area contributed by atoms with Gasteiger partial charge in [0, 0.05) is 26.6 Å². The topological polar surface area (TPSA) is 69.7 Å². The Balaban J connectivity index is 1.59. The summed E-state index contributed by atoms with van der Waals surface area (Å²) in [5.74, 6) is -0.194. The molecule has 0 aromatic rings. The molecule has 0 spiro atoms. The van der Waals surface area contributed by atoms with Gasteiger partial charge in [-0.25, -0.2) is 4.79 Å². The first-order chi connectivity index (χ1) is 10.6. The van der Waals surface area contributed by atoms with Gasteiger partial charge in [-0.05, 0) is 38.5 Å². The van der Waals surface area contributed by atoms with Gasteiger partial charge < -0.3 is 10.2 Å². The highest BCUT2D eigenvalue weighted by Crippen LogP contribution is 2.19. The number of hydrogen-bond donors (Lipinski definition) is 1. The van der Waals surface area contributed by atoms with Crippen LogP contribution in [0.5, 0.6) is 0 Å². The molecule has 1 N–H and O–H groups in total. The van der Waals surface area contributed by atoms with Crippen LogP contribution in [0.15, 0.2) is 11.6 Å². The molecule has 4 amide bonds. The van der Waals surface area contributed by atoms with E-state index in [4.69, 9.17) is 0 Å². The van der Waals surface area contributed by atoms with Gasteiger partial charge in [-0.1, -0.05) is 11.6 Å². The predicted octanol–water partition coefficient (Wildman–Crippen LogP) is 1.67. The number of nitrogens with zero attached hydrogens (tertiary/aromatic N) is 2. The van der Waals surface area contributed by atoms with Crippen molar-refractivity contribution in [3.05, 3.63) is 11.6 Å². The zero-order valence-corrected chi connectivity index (χ0v) is 13.3. The lowest BCUT2D eigenvalue weighted by molar-refractivity contribution is -0.126. The summed E-state index contributed by atoms with van der Waals surface area (Å²) in [6, 6.07) is -0.269. The number of urea groups is 1. The van der Waals surface area contributed by atoms with E-state index in [1.807, 2.05) is 0 Å². The highest BCUT2D eigenvalue weighted by atomic mass is 16.2. The summed E-state index contributed by atoms with van der Waals surface area (Å²) >= 11 is 0. The lowest BCUT2D eigenvalue weighted by Gasteiger charge is -2.14. The van der Waals surface area contributed by atoms with Crippen LogP contribution in [0.2, 0.25) is 0 Å². The summed E-state index contributed by atoms with van der Waals surface area (Å²) in [5.41, 5.74) is 1.45. The maximum Gasteiger partial charge on any atom is 0.326 e. The summed E-state index contributed by atoms with van der Waals surface area (Å²) < 4.78 is 0. The number of rotatable bonds is 7. The standard InChI is InChI=1S/C16H25N3O3/c1-18-12-15(21)19(16(18)22)11-5-8-14(20)17-10-9-13-6-3-2-4-7-13/h6H,2-5,7-12H2,1H3,(H,17,20). The maximum atomic E-state index is 11.8. The molecule has 6 heteroatoms. The predicted molar refractivity (Wildman–Crippen MR) is 83.2 cm³/mol. The number of carbonyl (C=O) groups excluding carboxylic acids is 3. The summed E-state index contributed by atoms with van der Waals surface area (Å²) in [6.07, 6.45) is 8.93. The third-order valence-electron chi connectivity index (χ3n) is 4.17. The SMILES string of the molecule is CN1CC(=O)N(CCCC(=O)NCCC2=CCCCC2)C1=O. The van der Waals surface area contributed by atoms with Crippen molar-refractivity contribution >= 4 is 17.8 Å². The van der Waals surface area contributed by atoms with E-state index in [-0.39, 0.29) is 24.4 Å². The molecule has 122 valence electrons. The molecular weight excluding hydrogens is 282 g/mol. The van der Waals surface area contributed by atoms with Crippen molar-refractivity contribution in [1.29, 1.82) is 0 Å². The van der Waals surface area contributed by atoms with Gasteiger partial charge in [0.2, 0.25) is 11.8 Å². The van der Waals surface area contributed by atoms with Gasteiger partial charge in [0.1, 0.15) is 6.54 Å². The molecule has 0 atom stereocenters. The highest BCUT2D eigenvalue weighted by Gasteiger charge is 2.32. The van der Waals surface area contributed by atoms with E-state index in [1.54, 1.807) is 7.05 Å². The minimum atomic E-state index is -0.269. The fourth-order valence-electron chi connectivity index (χ4n) is 2.87. The van der Waals surface area contributed by atoms with E-state index in [0.29, 0.717) is 25.9 Å². The van der Waals surface area contributed by atoms with E-state index >= 15 is 0 Å². The van der Waals surface area contributed by atoms with Crippen LogP contribution < -0.4 is 5.32 Å². The van der Waals surface area contributed by atoms with Crippen LogP contribution >= 0.6 is 0 Å². The van der Waals surface area contributed by atoms with Crippen LogP contribution in [0.1, 0.15) is 44.9 Å². The molecule has 0 saturated carbocycles. The second-order valence-corrected chi connectivity index (χ2v) is 6.00. The molecule has 1 saturated heterocycles. The molecule has 1 aliphatic heterocycles. The third-order valence-corrected chi connectivity index (χ3v) is 4.17. The third kappa shape index (κ3) is 4.58. The van der Waals surface area contributed by atoms with Gasteiger partial charge in [-0.3, -0.25) is 14.5 Å². The average molecular weight is 307 g/mol. The molecular formula is C16H25N3O3. The van der Waals surface area contributed by atoms with Crippen LogP contribution in [0.25, 0.3) is 0 Å². The Kier molecular flexibility index (Phi) is 5.98. The number of hydrogen-bond acceptors (Lipinski definition) is 3. The summed E-state index contributed by atoms with van der Waals surface area (Å²) in [4.78, 5) is 37.6. The second-order valence-electron chi connectivity index (χ2n) is 6.00. The summed E-state index contributed by atoms with van der Waals surface area (Å²) in [5, 5.41) is 2.91. The smallest absolute Gasteiger partial charge is 0.326 e. The fraction of sp³-hybridized carbons (Fsp3) is 0.688.